The number of nitrogens with one attached hydrogen (secondary N) is 4. The van der Waals surface area contributed by atoms with E-state index >= 15 is 4.79 Å². The van der Waals surface area contributed by atoms with Crippen molar-refractivity contribution >= 4 is 65.0 Å². The molecular weight excluding hydrogens is 1090 g/mol. The highest BCUT2D eigenvalue weighted by atomic mass is 16.4. The van der Waals surface area contributed by atoms with Gasteiger partial charge in [-0.05, 0) is 101 Å². The second-order valence-corrected chi connectivity index (χ2v) is 25.6. The molecule has 488 valence electrons. The predicted octanol–water partition coefficient (Wildman–Crippen LogP) is 2.84. The molecule has 0 aliphatic heterocycles. The topological polar surface area (TPSA) is 322 Å². The number of amides is 10. The van der Waals surface area contributed by atoms with Crippen LogP contribution in [0.4, 0.5) is 0 Å². The zero-order valence-electron chi connectivity index (χ0n) is 55.6. The molecule has 0 spiro atoms. The quantitative estimate of drug-likeness (QED) is 0.0444. The van der Waals surface area contributed by atoms with E-state index in [9.17, 15) is 58.2 Å². The molecule has 0 saturated heterocycles. The van der Waals surface area contributed by atoms with Crippen molar-refractivity contribution in [3.63, 3.8) is 0 Å². The molecule has 0 aromatic carbocycles. The lowest BCUT2D eigenvalue weighted by Gasteiger charge is -2.41. The number of carboxylic acid groups (broad SMARTS) is 1. The van der Waals surface area contributed by atoms with Gasteiger partial charge in [0.1, 0.15) is 54.4 Å². The highest BCUT2D eigenvalue weighted by Gasteiger charge is 2.45. The summed E-state index contributed by atoms with van der Waals surface area (Å²) in [6.45, 7) is 29.2. The highest BCUT2D eigenvalue weighted by molar-refractivity contribution is 5.98. The van der Waals surface area contributed by atoms with Crippen LogP contribution in [0.15, 0.2) is 12.2 Å². The van der Waals surface area contributed by atoms with Crippen molar-refractivity contribution < 1.29 is 63.0 Å². The van der Waals surface area contributed by atoms with Gasteiger partial charge in [0.2, 0.25) is 59.1 Å². The van der Waals surface area contributed by atoms with Crippen LogP contribution in [0.25, 0.3) is 0 Å². The molecule has 10 amide bonds. The fourth-order valence-electron chi connectivity index (χ4n) is 10.1. The van der Waals surface area contributed by atoms with Gasteiger partial charge in [0.25, 0.3) is 0 Å². The Balaban J connectivity index is 7.02. The van der Waals surface area contributed by atoms with Crippen LogP contribution in [-0.4, -0.2) is 220 Å². The number of hydrogen-bond donors (Lipinski definition) is 7. The van der Waals surface area contributed by atoms with Gasteiger partial charge in [-0.3, -0.25) is 52.7 Å². The first kappa shape index (κ1) is 78.8. The Morgan fingerprint density at radius 3 is 1.35 bits per heavy atom. The van der Waals surface area contributed by atoms with Gasteiger partial charge in [-0.15, -0.1) is 0 Å². The zero-order valence-corrected chi connectivity index (χ0v) is 55.6. The van der Waals surface area contributed by atoms with Crippen molar-refractivity contribution in [1.29, 1.82) is 0 Å². The summed E-state index contributed by atoms with van der Waals surface area (Å²) in [5.74, 6) is -9.85. The van der Waals surface area contributed by atoms with Crippen molar-refractivity contribution in [1.82, 2.24) is 50.7 Å². The highest BCUT2D eigenvalue weighted by Crippen LogP contribution is 2.25. The Kier molecular flexibility index (Phi) is 34.1. The zero-order chi connectivity index (χ0) is 66.4. The minimum absolute atomic E-state index is 0.00338. The smallest absolute Gasteiger partial charge is 0.325 e. The summed E-state index contributed by atoms with van der Waals surface area (Å²) in [5.41, 5.74) is 5.95. The summed E-state index contributed by atoms with van der Waals surface area (Å²) >= 11 is 0. The van der Waals surface area contributed by atoms with Crippen LogP contribution in [0.3, 0.4) is 0 Å². The lowest BCUT2D eigenvalue weighted by atomic mass is 9.91. The molecule has 24 nitrogen and oxygen atoms in total. The van der Waals surface area contributed by atoms with E-state index in [1.54, 1.807) is 60.6 Å². The number of nitrogens with zero attached hydrogens (tertiary/aromatic N) is 6. The van der Waals surface area contributed by atoms with Gasteiger partial charge in [0.15, 0.2) is 0 Å². The predicted molar refractivity (Wildman–Crippen MR) is 327 cm³/mol. The van der Waals surface area contributed by atoms with Crippen LogP contribution in [0.1, 0.15) is 156 Å². The van der Waals surface area contributed by atoms with Gasteiger partial charge < -0.3 is 66.6 Å². The second kappa shape index (κ2) is 36.7. The summed E-state index contributed by atoms with van der Waals surface area (Å²) in [6, 6.07) is -11.7. The van der Waals surface area contributed by atoms with E-state index in [1.807, 2.05) is 55.4 Å². The van der Waals surface area contributed by atoms with Gasteiger partial charge in [-0.1, -0.05) is 109 Å². The summed E-state index contributed by atoms with van der Waals surface area (Å²) in [6.07, 6.45) is 3.17. The number of likely N-dealkylation sites (N-methyl/N-ethyl adjacent to an activating group) is 6. The molecule has 0 rings (SSSR count). The average Bonchev–Trinajstić information content (AvgIpc) is 3.54. The molecule has 0 bridgehead atoms. The Labute approximate surface area is 507 Å². The molecule has 0 aromatic rings. The fourth-order valence-corrected chi connectivity index (χ4v) is 10.1. The summed E-state index contributed by atoms with van der Waals surface area (Å²) < 4.78 is 0. The lowest BCUT2D eigenvalue weighted by molar-refractivity contribution is -0.157. The van der Waals surface area contributed by atoms with E-state index in [4.69, 9.17) is 5.73 Å². The summed E-state index contributed by atoms with van der Waals surface area (Å²) in [4.78, 5) is 161. The Bertz CT molecular complexity index is 2270. The molecular formula is C61H111N11O13. The molecule has 0 aliphatic rings. The Morgan fingerprint density at radius 1 is 0.482 bits per heavy atom. The molecule has 0 aliphatic carbocycles. The number of allylic oxidation sites excluding steroid dienone is 2. The first-order valence-electron chi connectivity index (χ1n) is 30.2. The summed E-state index contributed by atoms with van der Waals surface area (Å²) in [5, 5.41) is 32.1. The van der Waals surface area contributed by atoms with Crippen molar-refractivity contribution in [3.8, 4) is 0 Å². The number of aliphatic carboxylic acids is 1. The number of carbonyl (C=O) groups excluding carboxylic acids is 10. The minimum Gasteiger partial charge on any atom is -0.480 e. The monoisotopic (exact) mass is 1210 g/mol. The molecule has 8 N–H and O–H groups in total. The number of rotatable bonds is 36. The van der Waals surface area contributed by atoms with Crippen molar-refractivity contribution in [2.45, 2.75) is 223 Å². The standard InChI is InChI=1S/C61H111N11O13/c1-24-26-27-39(15)51(74)50(72(23)60(83)49(38(13)14)71(22)58(81)46(31-36(9)10)70(21)57(80)45(30-35(7)8)69(20)55(78)40(16)62)54(77)65-42(25-2)56(79)67(18)32-47(73)64-43(28-33(3)4)52(75)66-48(37(11)12)59(82)68(19)44(29-34(5)6)53(76)63-41(17)61(84)85/h24,26,33-46,48-51,74H,25,27-32,62H2,1-23H3,(H,63,76)(H,64,73)(H,65,77)(H,66,75)(H,84,85)/b26-24+/t39-,40-,41+,42+,43+,44+,45+,46+,48+,49+,50+,51-/m1/s1. The average molecular weight is 1210 g/mol. The van der Waals surface area contributed by atoms with Crippen LogP contribution >= 0.6 is 0 Å². The van der Waals surface area contributed by atoms with E-state index in [2.05, 4.69) is 21.3 Å². The second-order valence-electron chi connectivity index (χ2n) is 25.6. The van der Waals surface area contributed by atoms with Gasteiger partial charge in [0.05, 0.1) is 18.7 Å². The van der Waals surface area contributed by atoms with Crippen LogP contribution in [0.5, 0.6) is 0 Å². The van der Waals surface area contributed by atoms with Crippen LogP contribution in [0.2, 0.25) is 0 Å². The fraction of sp³-hybridized carbons (Fsp3) is 0.787. The lowest BCUT2D eigenvalue weighted by Crippen LogP contribution is -2.63. The number of carboxylic acids is 1. The van der Waals surface area contributed by atoms with Crippen LogP contribution in [0, 0.1) is 41.4 Å². The van der Waals surface area contributed by atoms with E-state index < -0.39 is 156 Å². The van der Waals surface area contributed by atoms with Gasteiger partial charge in [0, 0.05) is 42.3 Å². The normalized spacial score (nSPS) is 16.0. The van der Waals surface area contributed by atoms with Gasteiger partial charge in [-0.25, -0.2) is 0 Å². The third-order valence-corrected chi connectivity index (χ3v) is 15.2. The number of aliphatic hydroxyl groups is 1. The maximum atomic E-state index is 15.0. The third kappa shape index (κ3) is 24.3. The number of hydrogen-bond acceptors (Lipinski definition) is 13. The van der Waals surface area contributed by atoms with Gasteiger partial charge >= 0.3 is 5.97 Å². The van der Waals surface area contributed by atoms with Gasteiger partial charge in [-0.2, -0.15) is 0 Å². The maximum absolute atomic E-state index is 15.0. The van der Waals surface area contributed by atoms with Crippen molar-refractivity contribution in [2.24, 2.45) is 47.2 Å². The Morgan fingerprint density at radius 2 is 0.929 bits per heavy atom. The van der Waals surface area contributed by atoms with E-state index in [1.165, 1.54) is 75.7 Å². The molecule has 0 saturated carbocycles. The molecule has 85 heavy (non-hydrogen) atoms. The maximum Gasteiger partial charge on any atom is 0.325 e. The molecule has 0 heterocycles. The summed E-state index contributed by atoms with van der Waals surface area (Å²) in [7, 11) is 8.53. The first-order chi connectivity index (χ1) is 39.1. The first-order valence-corrected chi connectivity index (χ1v) is 30.2. The Hall–Kier alpha value is -6.17. The SMILES string of the molecule is C/C=C/C[C@@H](C)[C@@H](O)[C@@H](C(=O)N[C@@H](CC)C(=O)N(C)CC(=O)N[C@@H](CC(C)C)C(=O)N[C@H](C(=O)N(C)[C@@H](CC(C)C)C(=O)N[C@@H](C)C(=O)O)C(C)C)N(C)C(=O)[C@H](C(C)C)N(C)C(=O)[C@H](CC(C)C)N(C)C(=O)[C@H](CC(C)C)N(C)C(=O)[C@@H](C)N. The van der Waals surface area contributed by atoms with Crippen molar-refractivity contribution in [2.75, 3.05) is 48.8 Å². The molecule has 24 heteroatoms. The molecule has 0 unspecified atom stereocenters. The minimum atomic E-state index is -1.62. The largest absolute Gasteiger partial charge is 0.480 e. The van der Waals surface area contributed by atoms with E-state index in [0.717, 1.165) is 9.80 Å². The van der Waals surface area contributed by atoms with Crippen LogP contribution < -0.4 is 27.0 Å². The molecule has 0 radical (unpaired) electrons. The van der Waals surface area contributed by atoms with E-state index in [0.29, 0.717) is 6.42 Å². The molecule has 0 fully saturated rings. The molecule has 0 aromatic heterocycles. The number of nitrogens with two attached hydrogens (primary N) is 1. The number of carbonyl (C=O) groups is 11. The number of aliphatic hydroxyl groups excluding tert-OH is 1. The van der Waals surface area contributed by atoms with E-state index in [-0.39, 0.29) is 55.8 Å². The molecule has 12 atom stereocenters. The van der Waals surface area contributed by atoms with Crippen molar-refractivity contribution in [3.05, 3.63) is 12.2 Å². The van der Waals surface area contributed by atoms with Crippen LogP contribution in [-0.2, 0) is 52.7 Å². The third-order valence-electron chi connectivity index (χ3n) is 15.2.